The van der Waals surface area contributed by atoms with Gasteiger partial charge in [-0.05, 0) is 6.42 Å². The summed E-state index contributed by atoms with van der Waals surface area (Å²) in [7, 11) is 0. The van der Waals surface area contributed by atoms with Crippen molar-refractivity contribution in [3.8, 4) is 0 Å². The van der Waals surface area contributed by atoms with Crippen molar-refractivity contribution >= 4 is 22.6 Å². The van der Waals surface area contributed by atoms with Gasteiger partial charge in [0, 0.05) is 29.1 Å². The smallest absolute Gasteiger partial charge is 0.211 e. The first-order chi connectivity index (χ1) is 4.33. The van der Waals surface area contributed by atoms with Crippen LogP contribution in [0.3, 0.4) is 0 Å². The van der Waals surface area contributed by atoms with Crippen molar-refractivity contribution < 1.29 is 0 Å². The zero-order chi connectivity index (χ0) is 6.69. The summed E-state index contributed by atoms with van der Waals surface area (Å²) in [5, 5.41) is 4.09. The highest BCUT2D eigenvalue weighted by Gasteiger charge is 1.91. The Balaban J connectivity index is 2.61. The standard InChI is InChI=1S/C5H8IN3/c1-2-3-9-4-7-5(6)8-9/h4H,2-3H2,1H3. The van der Waals surface area contributed by atoms with E-state index in [9.17, 15) is 0 Å². The second-order valence-electron chi connectivity index (χ2n) is 1.78. The lowest BCUT2D eigenvalue weighted by Gasteiger charge is -1.91. The average Bonchev–Trinajstić information content (AvgIpc) is 2.17. The number of halogens is 1. The predicted octanol–water partition coefficient (Wildman–Crippen LogP) is 1.29. The molecule has 0 saturated carbocycles. The van der Waals surface area contributed by atoms with Crippen LogP contribution in [0.25, 0.3) is 0 Å². The minimum absolute atomic E-state index is 0.820. The maximum absolute atomic E-state index is 4.09. The van der Waals surface area contributed by atoms with Gasteiger partial charge in [0.15, 0.2) is 0 Å². The third-order valence-electron chi connectivity index (χ3n) is 0.961. The Morgan fingerprint density at radius 2 is 2.56 bits per heavy atom. The van der Waals surface area contributed by atoms with E-state index < -0.39 is 0 Å². The first kappa shape index (κ1) is 6.98. The minimum Gasteiger partial charge on any atom is -0.252 e. The fourth-order valence-electron chi connectivity index (χ4n) is 0.609. The zero-order valence-corrected chi connectivity index (χ0v) is 7.37. The van der Waals surface area contributed by atoms with Crippen LogP contribution < -0.4 is 0 Å². The van der Waals surface area contributed by atoms with Gasteiger partial charge in [-0.2, -0.15) is 0 Å². The maximum Gasteiger partial charge on any atom is 0.211 e. The molecule has 0 aliphatic carbocycles. The molecule has 0 spiro atoms. The molecule has 1 rings (SSSR count). The van der Waals surface area contributed by atoms with Gasteiger partial charge in [-0.1, -0.05) is 6.92 Å². The molecule has 0 radical (unpaired) electrons. The fraction of sp³-hybridized carbons (Fsp3) is 0.600. The van der Waals surface area contributed by atoms with Crippen molar-refractivity contribution in [2.75, 3.05) is 0 Å². The zero-order valence-electron chi connectivity index (χ0n) is 5.21. The molecular formula is C5H8IN3. The molecule has 0 N–H and O–H groups in total. The van der Waals surface area contributed by atoms with Crippen LogP contribution in [0.15, 0.2) is 6.33 Å². The highest BCUT2D eigenvalue weighted by Crippen LogP contribution is 1.94. The molecule has 0 aliphatic heterocycles. The number of rotatable bonds is 2. The van der Waals surface area contributed by atoms with E-state index in [1.165, 1.54) is 0 Å². The molecule has 1 aromatic rings. The van der Waals surface area contributed by atoms with Crippen molar-refractivity contribution in [1.82, 2.24) is 14.8 Å². The molecule has 1 heterocycles. The molecule has 1 aromatic heterocycles. The van der Waals surface area contributed by atoms with Crippen LogP contribution in [0, 0.1) is 3.83 Å². The SMILES string of the molecule is CCCn1cnc(I)n1. The highest BCUT2D eigenvalue weighted by atomic mass is 127. The van der Waals surface area contributed by atoms with Gasteiger partial charge < -0.3 is 0 Å². The van der Waals surface area contributed by atoms with Crippen molar-refractivity contribution in [2.45, 2.75) is 19.9 Å². The molecule has 0 unspecified atom stereocenters. The molecule has 0 amide bonds. The fourth-order valence-corrected chi connectivity index (χ4v) is 1.01. The highest BCUT2D eigenvalue weighted by molar-refractivity contribution is 14.1. The van der Waals surface area contributed by atoms with E-state index in [0.29, 0.717) is 0 Å². The Labute approximate surface area is 67.6 Å². The van der Waals surface area contributed by atoms with Crippen LogP contribution in [-0.4, -0.2) is 14.8 Å². The van der Waals surface area contributed by atoms with Crippen molar-refractivity contribution in [2.24, 2.45) is 0 Å². The van der Waals surface area contributed by atoms with E-state index in [-0.39, 0.29) is 0 Å². The average molecular weight is 237 g/mol. The van der Waals surface area contributed by atoms with Crippen LogP contribution >= 0.6 is 22.6 Å². The third-order valence-corrected chi connectivity index (χ3v) is 1.46. The van der Waals surface area contributed by atoms with E-state index in [1.54, 1.807) is 6.33 Å². The van der Waals surface area contributed by atoms with Gasteiger partial charge in [0.2, 0.25) is 3.83 Å². The Kier molecular flexibility index (Phi) is 2.44. The Morgan fingerprint density at radius 3 is 3.00 bits per heavy atom. The summed E-state index contributed by atoms with van der Waals surface area (Å²) in [6.07, 6.45) is 2.87. The maximum atomic E-state index is 4.09. The van der Waals surface area contributed by atoms with Crippen LogP contribution in [0.1, 0.15) is 13.3 Å². The molecule has 3 nitrogen and oxygen atoms in total. The van der Waals surface area contributed by atoms with Crippen molar-refractivity contribution in [3.63, 3.8) is 0 Å². The lowest BCUT2D eigenvalue weighted by molar-refractivity contribution is 0.598. The topological polar surface area (TPSA) is 30.7 Å². The van der Waals surface area contributed by atoms with Gasteiger partial charge in [0.25, 0.3) is 0 Å². The quantitative estimate of drug-likeness (QED) is 0.725. The van der Waals surface area contributed by atoms with Gasteiger partial charge in [0.05, 0.1) is 0 Å². The monoisotopic (exact) mass is 237 g/mol. The van der Waals surface area contributed by atoms with E-state index in [0.717, 1.165) is 16.8 Å². The summed E-state index contributed by atoms with van der Waals surface area (Å²) in [4.78, 5) is 3.97. The summed E-state index contributed by atoms with van der Waals surface area (Å²) in [6.45, 7) is 3.09. The molecule has 50 valence electrons. The normalized spacial score (nSPS) is 10.0. The second kappa shape index (κ2) is 3.14. The first-order valence-electron chi connectivity index (χ1n) is 2.88. The minimum atomic E-state index is 0.820. The van der Waals surface area contributed by atoms with Crippen LogP contribution in [0.4, 0.5) is 0 Å². The second-order valence-corrected chi connectivity index (χ2v) is 2.74. The molecule has 0 saturated heterocycles. The Bertz CT molecular complexity index is 184. The van der Waals surface area contributed by atoms with Crippen molar-refractivity contribution in [3.05, 3.63) is 10.2 Å². The van der Waals surface area contributed by atoms with Gasteiger partial charge in [-0.15, -0.1) is 5.10 Å². The summed E-state index contributed by atoms with van der Waals surface area (Å²) < 4.78 is 2.67. The Morgan fingerprint density at radius 1 is 1.78 bits per heavy atom. The largest absolute Gasteiger partial charge is 0.252 e. The van der Waals surface area contributed by atoms with Crippen LogP contribution in [0.2, 0.25) is 0 Å². The van der Waals surface area contributed by atoms with Crippen LogP contribution in [0.5, 0.6) is 0 Å². The predicted molar refractivity (Wildman–Crippen MR) is 43.0 cm³/mol. The molecule has 0 bridgehead atoms. The number of aromatic nitrogens is 3. The molecule has 0 fully saturated rings. The van der Waals surface area contributed by atoms with E-state index >= 15 is 0 Å². The van der Waals surface area contributed by atoms with Crippen LogP contribution in [-0.2, 0) is 6.54 Å². The lowest BCUT2D eigenvalue weighted by Crippen LogP contribution is -1.96. The number of aryl methyl sites for hydroxylation is 1. The summed E-state index contributed by atoms with van der Waals surface area (Å²) in [5.41, 5.74) is 0. The molecule has 9 heavy (non-hydrogen) atoms. The first-order valence-corrected chi connectivity index (χ1v) is 3.95. The van der Waals surface area contributed by atoms with Gasteiger partial charge in [0.1, 0.15) is 6.33 Å². The molecule has 0 aliphatic rings. The molecular weight excluding hydrogens is 229 g/mol. The lowest BCUT2D eigenvalue weighted by atomic mass is 10.5. The van der Waals surface area contributed by atoms with E-state index in [2.05, 4.69) is 39.6 Å². The van der Waals surface area contributed by atoms with Gasteiger partial charge in [-0.3, -0.25) is 4.68 Å². The third kappa shape index (κ3) is 1.92. The number of hydrogen-bond acceptors (Lipinski definition) is 2. The van der Waals surface area contributed by atoms with Gasteiger partial charge >= 0.3 is 0 Å². The number of hydrogen-bond donors (Lipinski definition) is 0. The molecule has 4 heteroatoms. The Hall–Kier alpha value is -0.130. The summed E-state index contributed by atoms with van der Waals surface area (Å²) >= 11 is 2.10. The van der Waals surface area contributed by atoms with Crippen molar-refractivity contribution in [1.29, 1.82) is 0 Å². The van der Waals surface area contributed by atoms with E-state index in [1.807, 2.05) is 4.68 Å². The number of nitrogens with zero attached hydrogens (tertiary/aromatic N) is 3. The summed E-state index contributed by atoms with van der Waals surface area (Å²) in [6, 6.07) is 0. The molecule has 0 atom stereocenters. The summed E-state index contributed by atoms with van der Waals surface area (Å²) in [5.74, 6) is 0. The van der Waals surface area contributed by atoms with Gasteiger partial charge in [-0.25, -0.2) is 4.98 Å². The van der Waals surface area contributed by atoms with E-state index in [4.69, 9.17) is 0 Å². The molecule has 0 aromatic carbocycles.